The normalized spacial score (nSPS) is 9.83. The Morgan fingerprint density at radius 3 is 0.667 bits per heavy atom. The molecule has 0 aromatic rings. The van der Waals surface area contributed by atoms with Crippen LogP contribution in [0.15, 0.2) is 0 Å². The molecule has 12 heavy (non-hydrogen) atoms. The summed E-state index contributed by atoms with van der Waals surface area (Å²) in [5, 5.41) is 0. The molecule has 0 aromatic carbocycles. The van der Waals surface area contributed by atoms with Gasteiger partial charge in [0.1, 0.15) is 0 Å². The van der Waals surface area contributed by atoms with Gasteiger partial charge in [0.15, 0.2) is 0 Å². The van der Waals surface area contributed by atoms with Gasteiger partial charge in [-0.25, -0.2) is 0 Å². The van der Waals surface area contributed by atoms with Crippen LogP contribution in [0.3, 0.4) is 0 Å². The Morgan fingerprint density at radius 1 is 0.667 bits per heavy atom. The van der Waals surface area contributed by atoms with Gasteiger partial charge in [-0.2, -0.15) is 15.6 Å². The van der Waals surface area contributed by atoms with Crippen molar-refractivity contribution in [3.63, 3.8) is 0 Å². The zero-order valence-electron chi connectivity index (χ0n) is 5.01. The van der Waals surface area contributed by atoms with Crippen LogP contribution in [-0.2, 0) is 9.13 Å². The minimum Gasteiger partial charge on any atom is -0.822 e. The van der Waals surface area contributed by atoms with Crippen LogP contribution in [0.25, 0.3) is 0 Å². The summed E-state index contributed by atoms with van der Waals surface area (Å²) in [6.07, 6.45) is 0. The van der Waals surface area contributed by atoms with E-state index in [2.05, 4.69) is 0 Å². The molecule has 0 saturated heterocycles. The molecule has 0 unspecified atom stereocenters. The van der Waals surface area contributed by atoms with Gasteiger partial charge < -0.3 is 38.5 Å². The molecule has 0 aliphatic heterocycles. The van der Waals surface area contributed by atoms with Crippen molar-refractivity contribution in [1.82, 2.24) is 0 Å². The molecule has 0 amide bonds. The Hall–Kier alpha value is 2.93. The van der Waals surface area contributed by atoms with Gasteiger partial charge in [0.05, 0.1) is 0 Å². The van der Waals surface area contributed by atoms with Gasteiger partial charge in [-0.1, -0.05) is 0 Å². The van der Waals surface area contributed by atoms with E-state index in [1.165, 1.54) is 0 Å². The molecule has 12 heteroatoms. The summed E-state index contributed by atoms with van der Waals surface area (Å²) < 4.78 is 17.1. The van der Waals surface area contributed by atoms with E-state index >= 15 is 0 Å². The molecule has 0 spiro atoms. The zero-order chi connectivity index (χ0) is 9.00. The van der Waals surface area contributed by atoms with Gasteiger partial charge in [-0.05, 0) is 0 Å². The Bertz CT molecular complexity index is 129. The van der Waals surface area contributed by atoms with Crippen LogP contribution in [0, 0.1) is 82.5 Å². The van der Waals surface area contributed by atoms with E-state index < -0.39 is 15.6 Å². The molecule has 0 bridgehead atoms. The molecular formula is LaO8P2Yb. The molecule has 0 saturated carbocycles. The molecule has 0 rings (SSSR count). The Balaban J connectivity index is -0.0000000457. The van der Waals surface area contributed by atoms with E-state index in [1.807, 2.05) is 0 Å². The van der Waals surface area contributed by atoms with Crippen molar-refractivity contribution in [1.29, 1.82) is 0 Å². The first-order valence-electron chi connectivity index (χ1n) is 1.46. The number of hydrogen-bond acceptors (Lipinski definition) is 8. The maximum atomic E-state index is 8.55. The second-order valence-corrected chi connectivity index (χ2v) is 2.68. The summed E-state index contributed by atoms with van der Waals surface area (Å²) in [4.78, 5) is 51.3. The molecular weight excluding hydrogens is 502 g/mol. The summed E-state index contributed by atoms with van der Waals surface area (Å²) in [7, 11) is -10.8. The van der Waals surface area contributed by atoms with Crippen molar-refractivity contribution in [2.75, 3.05) is 0 Å². The van der Waals surface area contributed by atoms with Gasteiger partial charge in [0, 0.05) is 0 Å². The van der Waals surface area contributed by atoms with Crippen molar-refractivity contribution in [3.05, 3.63) is 0 Å². The Labute approximate surface area is 134 Å². The predicted octanol–water partition coefficient (Wildman–Crippen LogP) is -5.65. The van der Waals surface area contributed by atoms with E-state index in [-0.39, 0.29) is 82.5 Å². The van der Waals surface area contributed by atoms with Gasteiger partial charge >= 0.3 is 82.5 Å². The first-order valence-corrected chi connectivity index (χ1v) is 4.38. The van der Waals surface area contributed by atoms with Crippen LogP contribution >= 0.6 is 15.6 Å². The van der Waals surface area contributed by atoms with Crippen LogP contribution in [0.2, 0.25) is 0 Å². The van der Waals surface area contributed by atoms with E-state index in [0.29, 0.717) is 0 Å². The summed E-state index contributed by atoms with van der Waals surface area (Å²) >= 11 is 0. The third-order valence-corrected chi connectivity index (χ3v) is 0. The van der Waals surface area contributed by atoms with Crippen molar-refractivity contribution in [3.8, 4) is 0 Å². The summed E-state index contributed by atoms with van der Waals surface area (Å²) in [5.41, 5.74) is 0. The molecule has 0 atom stereocenters. The Kier molecular flexibility index (Phi) is 21.1. The number of hydrogen-bond donors (Lipinski definition) is 0. The van der Waals surface area contributed by atoms with Crippen LogP contribution in [0.1, 0.15) is 0 Å². The van der Waals surface area contributed by atoms with Crippen LogP contribution < -0.4 is 29.4 Å². The van der Waals surface area contributed by atoms with Crippen LogP contribution in [-0.4, -0.2) is 0 Å². The molecule has 1 radical (unpaired) electrons. The fourth-order valence-electron chi connectivity index (χ4n) is 0. The third-order valence-electron chi connectivity index (χ3n) is 0. The third kappa shape index (κ3) is 214. The van der Waals surface area contributed by atoms with Crippen molar-refractivity contribution >= 4 is 15.6 Å². The van der Waals surface area contributed by atoms with Crippen LogP contribution in [0.4, 0.5) is 0 Å². The molecule has 0 heterocycles. The number of rotatable bonds is 0. The minimum absolute atomic E-state index is 0. The van der Waals surface area contributed by atoms with Crippen molar-refractivity contribution in [2.45, 2.75) is 0 Å². The van der Waals surface area contributed by atoms with Gasteiger partial charge in [0.25, 0.3) is 0 Å². The van der Waals surface area contributed by atoms with E-state index in [4.69, 9.17) is 38.5 Å². The van der Waals surface area contributed by atoms with E-state index in [9.17, 15) is 0 Å². The smallest absolute Gasteiger partial charge is 0.822 e. The summed E-state index contributed by atoms with van der Waals surface area (Å²) in [6.45, 7) is 0. The maximum Gasteiger partial charge on any atom is 3.00 e. The molecule has 0 aromatic heterocycles. The Morgan fingerprint density at radius 2 is 0.667 bits per heavy atom. The standard InChI is InChI=1S/La.2H3O4P.Yb/c;2*1-5(2,3)4;/h;2*(H3,1,2,3,4);/q+3;;;+3/p-6. The maximum absolute atomic E-state index is 8.55. The van der Waals surface area contributed by atoms with Crippen LogP contribution in [0.5, 0.6) is 0 Å². The van der Waals surface area contributed by atoms with Crippen molar-refractivity contribution < 1.29 is 121 Å². The monoisotopic (exact) mass is 503 g/mol. The average Bonchev–Trinajstić information content (AvgIpc) is 1.12. The van der Waals surface area contributed by atoms with E-state index in [0.717, 1.165) is 0 Å². The largest absolute Gasteiger partial charge is 3.00 e. The molecule has 0 aliphatic carbocycles. The molecule has 0 N–H and O–H groups in total. The quantitative estimate of drug-likeness (QED) is 0.295. The first kappa shape index (κ1) is 24.3. The van der Waals surface area contributed by atoms with Gasteiger partial charge in [-0.3, -0.25) is 0 Å². The topological polar surface area (TPSA) is 172 Å². The molecule has 0 fully saturated rings. The summed E-state index contributed by atoms with van der Waals surface area (Å²) in [5.74, 6) is 0. The first-order chi connectivity index (χ1) is 4.00. The fraction of sp³-hybridized carbons (Fsp3) is 0. The predicted molar refractivity (Wildman–Crippen MR) is 15.2 cm³/mol. The van der Waals surface area contributed by atoms with E-state index in [1.54, 1.807) is 0 Å². The second-order valence-electron chi connectivity index (χ2n) is 0.894. The fourth-order valence-corrected chi connectivity index (χ4v) is 0. The number of phosphoric acid groups is 2. The zero-order valence-corrected chi connectivity index (χ0v) is 12.1. The molecule has 75 valence electrons. The molecule has 0 aliphatic rings. The second kappa shape index (κ2) is 10.5. The SMILES string of the molecule is O=P([O-])([O-])[O-].O=P([O-])([O-])[O-].[La+3].[Yb+3]. The minimum atomic E-state index is -5.39. The van der Waals surface area contributed by atoms with Gasteiger partial charge in [-0.15, -0.1) is 0 Å². The molecule has 8 nitrogen and oxygen atoms in total. The van der Waals surface area contributed by atoms with Gasteiger partial charge in [0.2, 0.25) is 0 Å². The average molecular weight is 502 g/mol. The van der Waals surface area contributed by atoms with Crippen molar-refractivity contribution in [2.24, 2.45) is 0 Å². The summed E-state index contributed by atoms with van der Waals surface area (Å²) in [6, 6.07) is 0.